The first-order chi connectivity index (χ1) is 12.3. The van der Waals surface area contributed by atoms with Gasteiger partial charge in [-0.2, -0.15) is 16.1 Å². The number of sulfonamides is 1. The van der Waals surface area contributed by atoms with E-state index in [0.29, 0.717) is 5.56 Å². The minimum atomic E-state index is -4.99. The van der Waals surface area contributed by atoms with Crippen molar-refractivity contribution < 1.29 is 26.3 Å². The number of alkyl halides is 3. The Bertz CT molecular complexity index is 918. The third kappa shape index (κ3) is 4.44. The van der Waals surface area contributed by atoms with Crippen LogP contribution in [-0.2, 0) is 10.0 Å². The van der Waals surface area contributed by atoms with Gasteiger partial charge in [0, 0.05) is 4.88 Å². The summed E-state index contributed by atoms with van der Waals surface area (Å²) in [5.41, 5.74) is 0.704. The number of benzene rings is 1. The van der Waals surface area contributed by atoms with Crippen LogP contribution >= 0.6 is 22.7 Å². The van der Waals surface area contributed by atoms with Crippen molar-refractivity contribution in [2.24, 2.45) is 0 Å². The zero-order valence-electron chi connectivity index (χ0n) is 12.9. The van der Waals surface area contributed by atoms with Crippen molar-refractivity contribution in [3.05, 3.63) is 69.0 Å². The molecular weight excluding hydrogens is 407 g/mol. The van der Waals surface area contributed by atoms with E-state index in [9.17, 15) is 21.6 Å². The average Bonchev–Trinajstić information content (AvgIpc) is 3.25. The van der Waals surface area contributed by atoms with E-state index in [-0.39, 0.29) is 0 Å². The lowest BCUT2D eigenvalue weighted by atomic mass is 10.1. The van der Waals surface area contributed by atoms with Crippen LogP contribution in [0.4, 0.5) is 13.2 Å². The van der Waals surface area contributed by atoms with E-state index in [0.717, 1.165) is 17.0 Å². The van der Waals surface area contributed by atoms with Crippen LogP contribution in [0.25, 0.3) is 0 Å². The zero-order chi connectivity index (χ0) is 18.8. The molecular formula is C16H12F3NO3S3. The van der Waals surface area contributed by atoms with Gasteiger partial charge in [-0.3, -0.25) is 0 Å². The van der Waals surface area contributed by atoms with Crippen LogP contribution in [0.3, 0.4) is 0 Å². The molecule has 0 amide bonds. The van der Waals surface area contributed by atoms with Crippen molar-refractivity contribution in [3.8, 4) is 5.75 Å². The molecule has 0 aliphatic heterocycles. The highest BCUT2D eigenvalue weighted by Gasteiger charge is 2.34. The largest absolute Gasteiger partial charge is 0.573 e. The Balaban J connectivity index is 1.98. The van der Waals surface area contributed by atoms with E-state index in [1.165, 1.54) is 34.8 Å². The molecule has 3 rings (SSSR count). The molecule has 0 bridgehead atoms. The molecule has 1 N–H and O–H groups in total. The van der Waals surface area contributed by atoms with Crippen LogP contribution in [0.15, 0.2) is 63.5 Å². The van der Waals surface area contributed by atoms with Crippen molar-refractivity contribution in [2.45, 2.75) is 17.3 Å². The molecule has 26 heavy (non-hydrogen) atoms. The van der Waals surface area contributed by atoms with Crippen LogP contribution in [-0.4, -0.2) is 14.8 Å². The van der Waals surface area contributed by atoms with E-state index >= 15 is 0 Å². The summed E-state index contributed by atoms with van der Waals surface area (Å²) in [5.74, 6) is -0.775. The maximum atomic E-state index is 12.8. The minimum Gasteiger partial charge on any atom is -0.404 e. The van der Waals surface area contributed by atoms with Crippen LogP contribution < -0.4 is 9.46 Å². The van der Waals surface area contributed by atoms with E-state index < -0.39 is 33.1 Å². The average molecular weight is 419 g/mol. The monoisotopic (exact) mass is 419 g/mol. The first kappa shape index (κ1) is 18.9. The number of halogens is 3. The first-order valence-electron chi connectivity index (χ1n) is 7.19. The highest BCUT2D eigenvalue weighted by molar-refractivity contribution is 7.89. The van der Waals surface area contributed by atoms with Crippen molar-refractivity contribution in [2.75, 3.05) is 0 Å². The van der Waals surface area contributed by atoms with E-state index in [1.807, 2.05) is 0 Å². The summed E-state index contributed by atoms with van der Waals surface area (Å²) in [5, 5.41) is 5.37. The molecule has 0 aliphatic carbocycles. The number of hydrogen-bond acceptors (Lipinski definition) is 5. The predicted molar refractivity (Wildman–Crippen MR) is 93.9 cm³/mol. The third-order valence-corrected chi connectivity index (χ3v) is 6.44. The summed E-state index contributed by atoms with van der Waals surface area (Å²) in [6, 6.07) is 9.23. The SMILES string of the molecule is O=S(=O)(N[C@@H](c1ccsc1)c1cccs1)c1ccccc1OC(F)(F)F. The lowest BCUT2D eigenvalue weighted by molar-refractivity contribution is -0.275. The topological polar surface area (TPSA) is 55.4 Å². The fourth-order valence-electron chi connectivity index (χ4n) is 2.28. The van der Waals surface area contributed by atoms with Gasteiger partial charge in [-0.05, 0) is 46.0 Å². The van der Waals surface area contributed by atoms with Crippen LogP contribution in [0.1, 0.15) is 16.5 Å². The standard InChI is InChI=1S/C16H12F3NO3S3/c17-16(18,19)23-12-4-1-2-6-14(12)26(21,22)20-15(11-7-9-24-10-11)13-5-3-8-25-13/h1-10,15,20H/t15-/m0/s1. The molecule has 0 fully saturated rings. The van der Waals surface area contributed by atoms with Gasteiger partial charge in [0.05, 0.1) is 6.04 Å². The lowest BCUT2D eigenvalue weighted by Gasteiger charge is -2.19. The summed E-state index contributed by atoms with van der Waals surface area (Å²) in [7, 11) is -4.28. The number of nitrogens with one attached hydrogen (secondary N) is 1. The second-order valence-corrected chi connectivity index (χ2v) is 8.56. The summed E-state index contributed by atoms with van der Waals surface area (Å²) in [6.07, 6.45) is -4.99. The van der Waals surface area contributed by atoms with Crippen molar-refractivity contribution in [1.29, 1.82) is 0 Å². The second kappa shape index (κ2) is 7.39. The number of para-hydroxylation sites is 1. The molecule has 3 aromatic rings. The Kier molecular flexibility index (Phi) is 5.37. The molecule has 10 heteroatoms. The molecule has 0 aliphatic rings. The van der Waals surface area contributed by atoms with Crippen molar-refractivity contribution in [1.82, 2.24) is 4.72 Å². The van der Waals surface area contributed by atoms with Gasteiger partial charge in [-0.25, -0.2) is 8.42 Å². The predicted octanol–water partition coefficient (Wildman–Crippen LogP) is 4.78. The third-order valence-electron chi connectivity index (χ3n) is 3.34. The van der Waals surface area contributed by atoms with Gasteiger partial charge in [0.15, 0.2) is 0 Å². The molecule has 0 saturated heterocycles. The molecule has 4 nitrogen and oxygen atoms in total. The molecule has 2 aromatic heterocycles. The van der Waals surface area contributed by atoms with Crippen molar-refractivity contribution in [3.63, 3.8) is 0 Å². The highest BCUT2D eigenvalue weighted by Crippen LogP contribution is 2.33. The smallest absolute Gasteiger partial charge is 0.404 e. The van der Waals surface area contributed by atoms with E-state index in [1.54, 1.807) is 34.3 Å². The van der Waals surface area contributed by atoms with Crippen LogP contribution in [0.5, 0.6) is 5.75 Å². The van der Waals surface area contributed by atoms with Crippen molar-refractivity contribution >= 4 is 32.7 Å². The van der Waals surface area contributed by atoms with Gasteiger partial charge in [-0.15, -0.1) is 24.5 Å². The molecule has 0 unspecified atom stereocenters. The number of thiophene rings is 2. The van der Waals surface area contributed by atoms with Gasteiger partial charge in [0.2, 0.25) is 10.0 Å². The van der Waals surface area contributed by atoms with Crippen LogP contribution in [0, 0.1) is 0 Å². The Morgan fingerprint density at radius 3 is 2.42 bits per heavy atom. The Labute approximate surface area is 155 Å². The zero-order valence-corrected chi connectivity index (χ0v) is 15.4. The number of ether oxygens (including phenoxy) is 1. The molecule has 0 spiro atoms. The summed E-state index contributed by atoms with van der Waals surface area (Å²) < 4.78 is 69.7. The number of hydrogen-bond donors (Lipinski definition) is 1. The Morgan fingerprint density at radius 1 is 1.04 bits per heavy atom. The van der Waals surface area contributed by atoms with Gasteiger partial charge < -0.3 is 4.74 Å². The summed E-state index contributed by atoms with van der Waals surface area (Å²) >= 11 is 2.74. The summed E-state index contributed by atoms with van der Waals surface area (Å²) in [6.45, 7) is 0. The fraction of sp³-hybridized carbons (Fsp3) is 0.125. The van der Waals surface area contributed by atoms with E-state index in [2.05, 4.69) is 9.46 Å². The molecule has 138 valence electrons. The minimum absolute atomic E-state index is 0.575. The molecule has 0 saturated carbocycles. The quantitative estimate of drug-likeness (QED) is 0.626. The highest BCUT2D eigenvalue weighted by atomic mass is 32.2. The number of rotatable bonds is 6. The molecule has 1 aromatic carbocycles. The molecule has 1 atom stereocenters. The Morgan fingerprint density at radius 2 is 1.81 bits per heavy atom. The van der Waals surface area contributed by atoms with Gasteiger partial charge >= 0.3 is 6.36 Å². The molecule has 0 radical (unpaired) electrons. The normalized spacial score (nSPS) is 13.5. The lowest BCUT2D eigenvalue weighted by Crippen LogP contribution is -2.29. The maximum Gasteiger partial charge on any atom is 0.573 e. The fourth-order valence-corrected chi connectivity index (χ4v) is 5.18. The Hall–Kier alpha value is -1.88. The van der Waals surface area contributed by atoms with Gasteiger partial charge in [0.25, 0.3) is 0 Å². The van der Waals surface area contributed by atoms with Gasteiger partial charge in [-0.1, -0.05) is 18.2 Å². The van der Waals surface area contributed by atoms with Gasteiger partial charge in [0.1, 0.15) is 10.6 Å². The second-order valence-electron chi connectivity index (χ2n) is 5.12. The first-order valence-corrected chi connectivity index (χ1v) is 10.5. The van der Waals surface area contributed by atoms with E-state index in [4.69, 9.17) is 0 Å². The summed E-state index contributed by atoms with van der Waals surface area (Å²) in [4.78, 5) is 0.148. The maximum absolute atomic E-state index is 12.8. The molecule has 2 heterocycles. The van der Waals surface area contributed by atoms with Crippen LogP contribution in [0.2, 0.25) is 0 Å².